The highest BCUT2D eigenvalue weighted by Gasteiger charge is 2.26. The number of ether oxygens (including phenoxy) is 2. The van der Waals surface area contributed by atoms with Crippen LogP contribution < -0.4 is 25.8 Å². The Morgan fingerprint density at radius 3 is 2.57 bits per heavy atom. The smallest absolute Gasteiger partial charge is 0.407 e. The number of carbonyl (C=O) groups excluding carboxylic acids is 2. The zero-order chi connectivity index (χ0) is 33.5. The Balaban J connectivity index is 1.55. The van der Waals surface area contributed by atoms with Crippen molar-refractivity contribution in [3.63, 3.8) is 0 Å². The highest BCUT2D eigenvalue weighted by molar-refractivity contribution is 7.89. The Labute approximate surface area is 270 Å². The minimum atomic E-state index is -4.13. The predicted octanol–water partition coefficient (Wildman–Crippen LogP) is 4.52. The second kappa shape index (κ2) is 14.6. The van der Waals surface area contributed by atoms with Crippen LogP contribution in [0, 0.1) is 0 Å². The van der Waals surface area contributed by atoms with Crippen molar-refractivity contribution in [2.24, 2.45) is 10.9 Å². The van der Waals surface area contributed by atoms with Gasteiger partial charge in [-0.25, -0.2) is 22.9 Å². The predicted molar refractivity (Wildman–Crippen MR) is 176 cm³/mol. The van der Waals surface area contributed by atoms with Crippen molar-refractivity contribution in [3.8, 4) is 5.75 Å². The van der Waals surface area contributed by atoms with Crippen molar-refractivity contribution in [3.05, 3.63) is 82.9 Å². The molecule has 1 heterocycles. The summed E-state index contributed by atoms with van der Waals surface area (Å²) < 4.78 is 41.6. The number of fused-ring (bicyclic) bond motifs is 1. The van der Waals surface area contributed by atoms with Gasteiger partial charge < -0.3 is 31.0 Å². The monoisotopic (exact) mass is 668 g/mol. The first-order valence-electron chi connectivity index (χ1n) is 14.2. The van der Waals surface area contributed by atoms with Crippen LogP contribution in [0.2, 0.25) is 0 Å². The van der Waals surface area contributed by atoms with Crippen LogP contribution in [0.1, 0.15) is 49.4 Å². The van der Waals surface area contributed by atoms with E-state index in [-0.39, 0.29) is 35.8 Å². The van der Waals surface area contributed by atoms with Gasteiger partial charge in [0.15, 0.2) is 5.84 Å². The first-order valence-corrected chi connectivity index (χ1v) is 16.5. The Kier molecular flexibility index (Phi) is 10.8. The summed E-state index contributed by atoms with van der Waals surface area (Å²) in [6.07, 6.45) is -0.495. The van der Waals surface area contributed by atoms with Crippen molar-refractivity contribution in [1.82, 2.24) is 15.0 Å². The van der Waals surface area contributed by atoms with E-state index in [0.717, 1.165) is 10.3 Å². The van der Waals surface area contributed by atoms with Gasteiger partial charge in [0.25, 0.3) is 0 Å². The minimum absolute atomic E-state index is 0.0347. The topological polar surface area (TPSA) is 194 Å². The number of aromatic nitrogens is 1. The van der Waals surface area contributed by atoms with Crippen LogP contribution in [0.25, 0.3) is 10.2 Å². The van der Waals surface area contributed by atoms with Crippen LogP contribution in [0.5, 0.6) is 5.75 Å². The fourth-order valence-corrected chi connectivity index (χ4v) is 6.71. The van der Waals surface area contributed by atoms with Crippen LogP contribution in [-0.4, -0.2) is 55.7 Å². The molecule has 1 aromatic heterocycles. The van der Waals surface area contributed by atoms with Crippen LogP contribution in [-0.2, 0) is 26.0 Å². The lowest BCUT2D eigenvalue weighted by Crippen LogP contribution is -2.34. The third kappa shape index (κ3) is 9.39. The number of thiazole rings is 1. The Bertz CT molecular complexity index is 1850. The summed E-state index contributed by atoms with van der Waals surface area (Å²) in [6, 6.07) is 17.4. The van der Waals surface area contributed by atoms with E-state index in [1.807, 2.05) is 6.07 Å². The summed E-state index contributed by atoms with van der Waals surface area (Å²) >= 11 is 1.33. The van der Waals surface area contributed by atoms with Gasteiger partial charge in [-0.15, -0.1) is 11.3 Å². The average Bonchev–Trinajstić information content (AvgIpc) is 3.43. The van der Waals surface area contributed by atoms with Crippen molar-refractivity contribution in [1.29, 1.82) is 0 Å². The van der Waals surface area contributed by atoms with Crippen molar-refractivity contribution < 1.29 is 32.7 Å². The molecule has 0 saturated carbocycles. The molecule has 6 N–H and O–H groups in total. The number of rotatable bonds is 12. The maximum Gasteiger partial charge on any atom is 0.407 e. The molecule has 0 bridgehead atoms. The molecule has 13 nitrogen and oxygen atoms in total. The zero-order valence-corrected chi connectivity index (χ0v) is 27.4. The van der Waals surface area contributed by atoms with Gasteiger partial charge in [0.2, 0.25) is 15.9 Å². The molecule has 0 saturated heterocycles. The molecule has 244 valence electrons. The summed E-state index contributed by atoms with van der Waals surface area (Å²) in [5.74, 6) is 0.142. The van der Waals surface area contributed by atoms with Crippen LogP contribution in [0.15, 0.2) is 76.8 Å². The molecule has 0 radical (unpaired) electrons. The zero-order valence-electron chi connectivity index (χ0n) is 25.7. The van der Waals surface area contributed by atoms with Gasteiger partial charge in [-0.1, -0.05) is 29.4 Å². The molecule has 4 aromatic rings. The number of methoxy groups -OCH3 is 1. The summed E-state index contributed by atoms with van der Waals surface area (Å²) in [6.45, 7) is 5.23. The van der Waals surface area contributed by atoms with E-state index < -0.39 is 33.7 Å². The van der Waals surface area contributed by atoms with Crippen LogP contribution >= 0.6 is 11.3 Å². The number of sulfonamides is 1. The number of hydrogen-bond acceptors (Lipinski definition) is 10. The molecule has 15 heteroatoms. The maximum absolute atomic E-state index is 13.7. The van der Waals surface area contributed by atoms with E-state index in [0.29, 0.717) is 21.8 Å². The van der Waals surface area contributed by atoms with E-state index in [9.17, 15) is 18.0 Å². The normalized spacial score (nSPS) is 12.8. The Morgan fingerprint density at radius 2 is 1.85 bits per heavy atom. The number of nitrogens with zero attached hydrogens (tertiary/aromatic N) is 2. The summed E-state index contributed by atoms with van der Waals surface area (Å²) in [4.78, 5) is 29.0. The molecule has 0 fully saturated rings. The standard InChI is InChI=1S/C31H36N6O7S2/c1-31(2,3)44-30(39)33-14-13-27(38)34-21-9-6-10-23(17-21)46(41,42)37-25(16-19-7-5-8-20(15-19)28(32)36-40)29-35-24-12-11-22(43-4)18-26(24)45-29/h5-12,15,17-18,25,37,40H,13-14,16H2,1-4H3,(H2,32,36)(H,33,39)(H,34,38). The summed E-state index contributed by atoms with van der Waals surface area (Å²) in [5, 5.41) is 17.9. The molecular weight excluding hydrogens is 633 g/mol. The number of hydrogen-bond donors (Lipinski definition) is 5. The fraction of sp³-hybridized carbons (Fsp3) is 0.290. The van der Waals surface area contributed by atoms with Crippen molar-refractivity contribution in [2.45, 2.75) is 50.2 Å². The largest absolute Gasteiger partial charge is 0.497 e. The van der Waals surface area contributed by atoms with E-state index in [2.05, 4.69) is 20.5 Å². The highest BCUT2D eigenvalue weighted by Crippen LogP contribution is 2.32. The number of anilines is 1. The van der Waals surface area contributed by atoms with Gasteiger partial charge in [-0.2, -0.15) is 0 Å². The highest BCUT2D eigenvalue weighted by atomic mass is 32.2. The maximum atomic E-state index is 13.7. The lowest BCUT2D eigenvalue weighted by molar-refractivity contribution is -0.116. The number of benzene rings is 3. The third-order valence-electron chi connectivity index (χ3n) is 6.43. The lowest BCUT2D eigenvalue weighted by Gasteiger charge is -2.19. The fourth-order valence-electron chi connectivity index (χ4n) is 4.34. The van der Waals surface area contributed by atoms with Crippen molar-refractivity contribution in [2.75, 3.05) is 19.0 Å². The molecule has 4 rings (SSSR count). The first kappa shape index (κ1) is 34.1. The molecule has 3 aromatic carbocycles. The molecule has 46 heavy (non-hydrogen) atoms. The summed E-state index contributed by atoms with van der Waals surface area (Å²) in [7, 11) is -2.57. The Hall–Kier alpha value is -4.73. The molecule has 2 amide bonds. The molecule has 0 aliphatic carbocycles. The number of nitrogens with two attached hydrogens (primary N) is 1. The number of oxime groups is 1. The van der Waals surface area contributed by atoms with Crippen LogP contribution in [0.4, 0.5) is 10.5 Å². The van der Waals surface area contributed by atoms with E-state index >= 15 is 0 Å². The molecule has 0 spiro atoms. The number of amides is 2. The van der Waals surface area contributed by atoms with Gasteiger partial charge in [-0.3, -0.25) is 4.79 Å². The van der Waals surface area contributed by atoms with Crippen LogP contribution in [0.3, 0.4) is 0 Å². The molecule has 0 aliphatic heterocycles. The molecule has 0 aliphatic rings. The van der Waals surface area contributed by atoms with E-state index in [1.165, 1.54) is 29.5 Å². The minimum Gasteiger partial charge on any atom is -0.497 e. The second-order valence-corrected chi connectivity index (χ2v) is 14.0. The third-order valence-corrected chi connectivity index (χ3v) is 9.03. The van der Waals surface area contributed by atoms with Gasteiger partial charge in [0, 0.05) is 24.2 Å². The lowest BCUT2D eigenvalue weighted by atomic mass is 10.0. The van der Waals surface area contributed by atoms with Gasteiger partial charge in [0.05, 0.1) is 28.3 Å². The average molecular weight is 669 g/mol. The molecular formula is C31H36N6O7S2. The number of carbonyl (C=O) groups is 2. The number of alkyl carbamates (subject to hydrolysis) is 1. The first-order chi connectivity index (χ1) is 21.8. The molecule has 1 atom stereocenters. The SMILES string of the molecule is COc1ccc2nc(C(Cc3cccc(C(N)=NO)c3)NS(=O)(=O)c3cccc(NC(=O)CCNC(=O)OC(C)(C)C)c3)sc2c1. The van der Waals surface area contributed by atoms with Gasteiger partial charge in [-0.05, 0) is 75.2 Å². The molecule has 1 unspecified atom stereocenters. The van der Waals surface area contributed by atoms with E-state index in [1.54, 1.807) is 70.3 Å². The Morgan fingerprint density at radius 1 is 1.09 bits per heavy atom. The number of amidine groups is 1. The second-order valence-electron chi connectivity index (χ2n) is 11.2. The summed E-state index contributed by atoms with van der Waals surface area (Å²) in [5.41, 5.74) is 7.25. The van der Waals surface area contributed by atoms with Crippen molar-refractivity contribution >= 4 is 55.1 Å². The number of nitrogens with one attached hydrogen (secondary N) is 3. The quantitative estimate of drug-likeness (QED) is 0.0625. The van der Waals surface area contributed by atoms with Gasteiger partial charge in [0.1, 0.15) is 16.4 Å². The van der Waals surface area contributed by atoms with Gasteiger partial charge >= 0.3 is 6.09 Å². The van der Waals surface area contributed by atoms with E-state index in [4.69, 9.17) is 25.4 Å².